The number of aliphatic carboxylic acids is 1. The van der Waals surface area contributed by atoms with Gasteiger partial charge in [-0.15, -0.1) is 0 Å². The Labute approximate surface area is 165 Å². The highest BCUT2D eigenvalue weighted by Gasteiger charge is 2.21. The molecule has 6 heteroatoms. The van der Waals surface area contributed by atoms with Gasteiger partial charge >= 0.3 is 5.97 Å². The first-order valence-corrected chi connectivity index (χ1v) is 9.24. The highest BCUT2D eigenvalue weighted by atomic mass is 16.5. The molecular weight excluding hydrogens is 358 g/mol. The molecular formula is C22H27NO5. The normalized spacial score (nSPS) is 11.9. The molecule has 1 atom stereocenters. The average Bonchev–Trinajstić information content (AvgIpc) is 2.69. The van der Waals surface area contributed by atoms with Gasteiger partial charge in [0.25, 0.3) is 5.91 Å². The molecule has 2 aromatic rings. The third-order valence-electron chi connectivity index (χ3n) is 4.32. The van der Waals surface area contributed by atoms with Crippen molar-refractivity contribution in [3.05, 3.63) is 65.2 Å². The van der Waals surface area contributed by atoms with E-state index in [4.69, 9.17) is 9.47 Å². The van der Waals surface area contributed by atoms with Gasteiger partial charge in [-0.1, -0.05) is 30.3 Å². The number of amides is 1. The van der Waals surface area contributed by atoms with Crippen molar-refractivity contribution < 1.29 is 24.2 Å². The molecule has 28 heavy (non-hydrogen) atoms. The molecule has 0 bridgehead atoms. The van der Waals surface area contributed by atoms with E-state index >= 15 is 0 Å². The highest BCUT2D eigenvalue weighted by Crippen LogP contribution is 2.21. The third-order valence-corrected chi connectivity index (χ3v) is 4.32. The molecule has 150 valence electrons. The minimum absolute atomic E-state index is 0.0322. The monoisotopic (exact) mass is 385 g/mol. The summed E-state index contributed by atoms with van der Waals surface area (Å²) in [6.07, 6.45) is 0.407. The summed E-state index contributed by atoms with van der Waals surface area (Å²) < 4.78 is 10.8. The molecule has 1 amide bonds. The maximum absolute atomic E-state index is 12.4. The number of hydrogen-bond acceptors (Lipinski definition) is 4. The fraction of sp³-hybridized carbons (Fsp3) is 0.364. The minimum atomic E-state index is -0.965. The zero-order chi connectivity index (χ0) is 20.5. The number of carboxylic acids is 1. The second-order valence-corrected chi connectivity index (χ2v) is 6.82. The SMILES string of the molecule is COc1ccccc1CC(CNC(=O)c1ccc(COC(C)C)cc1)C(=O)O. The molecule has 0 saturated carbocycles. The molecule has 0 aliphatic carbocycles. The molecule has 0 radical (unpaired) electrons. The first-order chi connectivity index (χ1) is 13.4. The van der Waals surface area contributed by atoms with Crippen molar-refractivity contribution in [3.63, 3.8) is 0 Å². The van der Waals surface area contributed by atoms with Crippen molar-refractivity contribution >= 4 is 11.9 Å². The zero-order valence-electron chi connectivity index (χ0n) is 16.5. The fourth-order valence-electron chi connectivity index (χ4n) is 2.72. The predicted octanol–water partition coefficient (Wildman–Crippen LogP) is 3.29. The van der Waals surface area contributed by atoms with Gasteiger partial charge in [0.1, 0.15) is 5.75 Å². The predicted molar refractivity (Wildman–Crippen MR) is 107 cm³/mol. The van der Waals surface area contributed by atoms with Crippen LogP contribution in [0.15, 0.2) is 48.5 Å². The third kappa shape index (κ3) is 6.39. The lowest BCUT2D eigenvalue weighted by molar-refractivity contribution is -0.141. The Morgan fingerprint density at radius 2 is 1.75 bits per heavy atom. The highest BCUT2D eigenvalue weighted by molar-refractivity contribution is 5.94. The quantitative estimate of drug-likeness (QED) is 0.656. The van der Waals surface area contributed by atoms with Gasteiger partial charge < -0.3 is 19.9 Å². The van der Waals surface area contributed by atoms with Crippen molar-refractivity contribution in [3.8, 4) is 5.75 Å². The molecule has 6 nitrogen and oxygen atoms in total. The number of methoxy groups -OCH3 is 1. The Hall–Kier alpha value is -2.86. The van der Waals surface area contributed by atoms with Gasteiger partial charge in [0.2, 0.25) is 0 Å². The molecule has 0 saturated heterocycles. The fourth-order valence-corrected chi connectivity index (χ4v) is 2.72. The first kappa shape index (κ1) is 21.4. The van der Waals surface area contributed by atoms with Crippen LogP contribution in [-0.4, -0.2) is 36.7 Å². The Kier molecular flexibility index (Phi) is 8.02. The molecule has 0 aliphatic rings. The Morgan fingerprint density at radius 1 is 1.07 bits per heavy atom. The van der Waals surface area contributed by atoms with Crippen LogP contribution in [0.25, 0.3) is 0 Å². The van der Waals surface area contributed by atoms with E-state index in [-0.39, 0.29) is 25.0 Å². The van der Waals surface area contributed by atoms with Crippen molar-refractivity contribution in [2.45, 2.75) is 33.0 Å². The summed E-state index contributed by atoms with van der Waals surface area (Å²) in [5.41, 5.74) is 2.25. The summed E-state index contributed by atoms with van der Waals surface area (Å²) in [6.45, 7) is 4.45. The van der Waals surface area contributed by atoms with Crippen molar-refractivity contribution in [2.24, 2.45) is 5.92 Å². The van der Waals surface area contributed by atoms with Crippen LogP contribution < -0.4 is 10.1 Å². The van der Waals surface area contributed by atoms with Crippen molar-refractivity contribution in [1.82, 2.24) is 5.32 Å². The van der Waals surface area contributed by atoms with Crippen LogP contribution >= 0.6 is 0 Å². The van der Waals surface area contributed by atoms with Crippen molar-refractivity contribution in [2.75, 3.05) is 13.7 Å². The summed E-state index contributed by atoms with van der Waals surface area (Å²) >= 11 is 0. The molecule has 0 heterocycles. The number of nitrogens with one attached hydrogen (secondary N) is 1. The van der Waals surface area contributed by atoms with Crippen molar-refractivity contribution in [1.29, 1.82) is 0 Å². The standard InChI is InChI=1S/C22H27NO5/c1-15(2)28-14-16-8-10-17(11-9-16)21(24)23-13-19(22(25)26)12-18-6-4-5-7-20(18)27-3/h4-11,15,19H,12-14H2,1-3H3,(H,23,24)(H,25,26). The Balaban J connectivity index is 1.95. The number of carbonyl (C=O) groups excluding carboxylic acids is 1. The molecule has 0 spiro atoms. The van der Waals surface area contributed by atoms with E-state index in [2.05, 4.69) is 5.32 Å². The van der Waals surface area contributed by atoms with Crippen LogP contribution in [0.3, 0.4) is 0 Å². The van der Waals surface area contributed by atoms with E-state index in [9.17, 15) is 14.7 Å². The van der Waals surface area contributed by atoms with E-state index in [0.29, 0.717) is 17.9 Å². The largest absolute Gasteiger partial charge is 0.496 e. The van der Waals surface area contributed by atoms with Gasteiger partial charge in [0.05, 0.1) is 25.7 Å². The summed E-state index contributed by atoms with van der Waals surface area (Å²) in [6, 6.07) is 14.4. The molecule has 0 aromatic heterocycles. The smallest absolute Gasteiger partial charge is 0.308 e. The topological polar surface area (TPSA) is 84.9 Å². The van der Waals surface area contributed by atoms with E-state index < -0.39 is 11.9 Å². The number of benzene rings is 2. The lowest BCUT2D eigenvalue weighted by Gasteiger charge is -2.15. The molecule has 2 N–H and O–H groups in total. The zero-order valence-corrected chi connectivity index (χ0v) is 16.5. The van der Waals surface area contributed by atoms with E-state index in [1.807, 2.05) is 44.2 Å². The minimum Gasteiger partial charge on any atom is -0.496 e. The molecule has 0 fully saturated rings. The maximum Gasteiger partial charge on any atom is 0.308 e. The van der Waals surface area contributed by atoms with Crippen LogP contribution in [0.1, 0.15) is 35.3 Å². The van der Waals surface area contributed by atoms with Gasteiger partial charge in [-0.2, -0.15) is 0 Å². The number of hydrogen-bond donors (Lipinski definition) is 2. The molecule has 1 unspecified atom stereocenters. The van der Waals surface area contributed by atoms with E-state index in [1.165, 1.54) is 0 Å². The van der Waals surface area contributed by atoms with Gasteiger partial charge in [-0.25, -0.2) is 0 Å². The van der Waals surface area contributed by atoms with E-state index in [0.717, 1.165) is 11.1 Å². The Bertz CT molecular complexity index is 786. The second kappa shape index (κ2) is 10.5. The number of para-hydroxylation sites is 1. The number of rotatable bonds is 10. The number of carboxylic acid groups (broad SMARTS) is 1. The van der Waals surface area contributed by atoms with E-state index in [1.54, 1.807) is 25.3 Å². The number of carbonyl (C=O) groups is 2. The van der Waals surface area contributed by atoms with Gasteiger partial charge in [-0.3, -0.25) is 9.59 Å². The van der Waals surface area contributed by atoms with Gasteiger partial charge in [-0.05, 0) is 49.6 Å². The average molecular weight is 385 g/mol. The molecule has 2 aromatic carbocycles. The summed E-state index contributed by atoms with van der Waals surface area (Å²) in [4.78, 5) is 24.0. The van der Waals surface area contributed by atoms with Crippen LogP contribution in [0.2, 0.25) is 0 Å². The second-order valence-electron chi connectivity index (χ2n) is 6.82. The maximum atomic E-state index is 12.4. The molecule has 0 aliphatic heterocycles. The first-order valence-electron chi connectivity index (χ1n) is 9.24. The Morgan fingerprint density at radius 3 is 2.36 bits per heavy atom. The summed E-state index contributed by atoms with van der Waals surface area (Å²) in [5, 5.41) is 12.2. The van der Waals surface area contributed by atoms with Crippen LogP contribution in [0.5, 0.6) is 5.75 Å². The summed E-state index contributed by atoms with van der Waals surface area (Å²) in [5.74, 6) is -1.38. The van der Waals surface area contributed by atoms with Crippen LogP contribution in [0, 0.1) is 5.92 Å². The van der Waals surface area contributed by atoms with Crippen LogP contribution in [0.4, 0.5) is 0 Å². The summed E-state index contributed by atoms with van der Waals surface area (Å²) in [7, 11) is 1.55. The molecule has 2 rings (SSSR count). The van der Waals surface area contributed by atoms with Gasteiger partial charge in [0.15, 0.2) is 0 Å². The van der Waals surface area contributed by atoms with Gasteiger partial charge in [0, 0.05) is 12.1 Å². The lowest BCUT2D eigenvalue weighted by atomic mass is 9.98. The lowest BCUT2D eigenvalue weighted by Crippen LogP contribution is -2.34. The number of ether oxygens (including phenoxy) is 2. The van der Waals surface area contributed by atoms with Crippen LogP contribution in [-0.2, 0) is 22.6 Å².